The topological polar surface area (TPSA) is 131 Å². The van der Waals surface area contributed by atoms with E-state index in [2.05, 4.69) is 5.32 Å². The normalized spacial score (nSPS) is 23.5. The third kappa shape index (κ3) is 6.22. The molecule has 4 bridgehead atoms. The van der Waals surface area contributed by atoms with Crippen LogP contribution < -0.4 is 10.1 Å². The molecule has 3 aromatic rings. The van der Waals surface area contributed by atoms with Gasteiger partial charge in [0.1, 0.15) is 30.5 Å². The van der Waals surface area contributed by atoms with E-state index in [1.807, 2.05) is 74.5 Å². The summed E-state index contributed by atoms with van der Waals surface area (Å²) in [6.07, 6.45) is 2.55. The van der Waals surface area contributed by atoms with E-state index < -0.39 is 47.0 Å². The van der Waals surface area contributed by atoms with Crippen LogP contribution in [-0.4, -0.2) is 69.3 Å². The van der Waals surface area contributed by atoms with Gasteiger partial charge in [0.2, 0.25) is 11.8 Å². The number of para-hydroxylation sites is 2. The SMILES string of the molecule is CC1(C)/C=C/c2cccc(c2)-c2nc3ccccc3nc2O[C@@H]2C[C@@H](C(=O)O)N(C2)C(=O)[C@H](C(C)(C)C)NC(=O)OC1. The molecular weight excluding hydrogens is 536 g/mol. The van der Waals surface area contributed by atoms with Crippen molar-refractivity contribution >= 4 is 35.1 Å². The Labute approximate surface area is 244 Å². The number of carboxylic acid groups (broad SMARTS) is 1. The van der Waals surface area contributed by atoms with Gasteiger partial charge in [-0.05, 0) is 29.2 Å². The number of carbonyl (C=O) groups excluding carboxylic acids is 2. The van der Waals surface area contributed by atoms with Crippen molar-refractivity contribution in [3.05, 3.63) is 60.2 Å². The zero-order valence-electron chi connectivity index (χ0n) is 24.5. The Morgan fingerprint density at radius 2 is 1.79 bits per heavy atom. The molecule has 1 aromatic heterocycles. The molecule has 10 nitrogen and oxygen atoms in total. The molecule has 42 heavy (non-hydrogen) atoms. The number of nitrogens with one attached hydrogen (secondary N) is 1. The number of hydrogen-bond donors (Lipinski definition) is 2. The van der Waals surface area contributed by atoms with Gasteiger partial charge in [0.05, 0.1) is 17.6 Å². The molecule has 0 aliphatic carbocycles. The van der Waals surface area contributed by atoms with Gasteiger partial charge >= 0.3 is 12.1 Å². The molecule has 0 saturated carbocycles. The maximum Gasteiger partial charge on any atom is 0.407 e. The minimum absolute atomic E-state index is 0.00284. The van der Waals surface area contributed by atoms with Crippen LogP contribution in [0, 0.1) is 10.8 Å². The second-order valence-electron chi connectivity index (χ2n) is 12.7. The van der Waals surface area contributed by atoms with Gasteiger partial charge in [0, 0.05) is 17.4 Å². The summed E-state index contributed by atoms with van der Waals surface area (Å²) < 4.78 is 11.9. The average Bonchev–Trinajstić information content (AvgIpc) is 3.36. The fourth-order valence-corrected chi connectivity index (χ4v) is 5.16. The highest BCUT2D eigenvalue weighted by Gasteiger charge is 2.46. The molecule has 0 unspecified atom stereocenters. The van der Waals surface area contributed by atoms with Gasteiger partial charge in [-0.2, -0.15) is 0 Å². The number of carboxylic acids is 1. The van der Waals surface area contributed by atoms with E-state index in [0.29, 0.717) is 16.7 Å². The summed E-state index contributed by atoms with van der Waals surface area (Å²) in [4.78, 5) is 50.0. The van der Waals surface area contributed by atoms with E-state index >= 15 is 0 Å². The Morgan fingerprint density at radius 1 is 1.07 bits per heavy atom. The molecule has 3 heterocycles. The largest absolute Gasteiger partial charge is 0.480 e. The van der Waals surface area contributed by atoms with E-state index in [4.69, 9.17) is 19.4 Å². The van der Waals surface area contributed by atoms with Crippen LogP contribution in [0.15, 0.2) is 54.6 Å². The molecule has 2 aromatic carbocycles. The van der Waals surface area contributed by atoms with Crippen LogP contribution in [0.4, 0.5) is 4.79 Å². The van der Waals surface area contributed by atoms with Crippen molar-refractivity contribution in [2.45, 2.75) is 59.2 Å². The number of benzene rings is 2. The lowest BCUT2D eigenvalue weighted by atomic mass is 9.85. The van der Waals surface area contributed by atoms with Gasteiger partial charge in [-0.3, -0.25) is 4.79 Å². The first-order chi connectivity index (χ1) is 19.8. The van der Waals surface area contributed by atoms with E-state index in [1.54, 1.807) is 20.8 Å². The van der Waals surface area contributed by atoms with Crippen LogP contribution in [0.25, 0.3) is 28.4 Å². The monoisotopic (exact) mass is 572 g/mol. The highest BCUT2D eigenvalue weighted by atomic mass is 16.5. The van der Waals surface area contributed by atoms with Crippen molar-refractivity contribution in [1.82, 2.24) is 20.2 Å². The number of aliphatic carboxylic acids is 1. The number of carbonyl (C=O) groups is 3. The molecule has 1 saturated heterocycles. The summed E-state index contributed by atoms with van der Waals surface area (Å²) in [7, 11) is 0. The first-order valence-corrected chi connectivity index (χ1v) is 14.0. The number of fused-ring (bicyclic) bond motifs is 7. The van der Waals surface area contributed by atoms with Gasteiger partial charge in [-0.25, -0.2) is 19.6 Å². The summed E-state index contributed by atoms with van der Waals surface area (Å²) in [5.74, 6) is -1.41. The number of rotatable bonds is 1. The first kappa shape index (κ1) is 29.0. The lowest BCUT2D eigenvalue weighted by Gasteiger charge is -2.34. The number of hydrogen-bond acceptors (Lipinski definition) is 7. The predicted octanol–water partition coefficient (Wildman–Crippen LogP) is 4.92. The van der Waals surface area contributed by atoms with Crippen molar-refractivity contribution in [3.63, 3.8) is 0 Å². The molecule has 2 N–H and O–H groups in total. The smallest absolute Gasteiger partial charge is 0.407 e. The Kier molecular flexibility index (Phi) is 7.66. The number of aromatic nitrogens is 2. The Bertz CT molecular complexity index is 1560. The molecule has 2 aliphatic rings. The average molecular weight is 573 g/mol. The zero-order valence-corrected chi connectivity index (χ0v) is 24.5. The van der Waals surface area contributed by atoms with Crippen molar-refractivity contribution in [1.29, 1.82) is 0 Å². The van der Waals surface area contributed by atoms with Crippen LogP contribution in [0.1, 0.15) is 46.6 Å². The fourth-order valence-electron chi connectivity index (χ4n) is 5.16. The van der Waals surface area contributed by atoms with Crippen LogP contribution in [0.2, 0.25) is 0 Å². The van der Waals surface area contributed by atoms with Gasteiger partial charge in [-0.15, -0.1) is 0 Å². The summed E-state index contributed by atoms with van der Waals surface area (Å²) in [5, 5.41) is 12.8. The minimum atomic E-state index is -1.15. The molecule has 10 heteroatoms. The van der Waals surface area contributed by atoms with Crippen LogP contribution in [0.5, 0.6) is 5.88 Å². The summed E-state index contributed by atoms with van der Waals surface area (Å²) in [5.41, 5.74) is 2.27. The third-order valence-electron chi connectivity index (χ3n) is 7.49. The number of nitrogens with zero attached hydrogens (tertiary/aromatic N) is 3. The third-order valence-corrected chi connectivity index (χ3v) is 7.49. The van der Waals surface area contributed by atoms with E-state index in [1.165, 1.54) is 4.90 Å². The van der Waals surface area contributed by atoms with Crippen molar-refractivity contribution in [2.24, 2.45) is 10.8 Å². The summed E-state index contributed by atoms with van der Waals surface area (Å²) in [6.45, 7) is 9.36. The zero-order chi connectivity index (χ0) is 30.2. The van der Waals surface area contributed by atoms with Crippen molar-refractivity contribution in [3.8, 4) is 17.1 Å². The molecule has 220 valence electrons. The van der Waals surface area contributed by atoms with Crippen LogP contribution in [-0.2, 0) is 14.3 Å². The van der Waals surface area contributed by atoms with Gasteiger partial charge in [-0.1, -0.05) is 77.1 Å². The molecule has 1 fully saturated rings. The maximum atomic E-state index is 13.9. The van der Waals surface area contributed by atoms with Gasteiger partial charge in [0.15, 0.2) is 0 Å². The Morgan fingerprint density at radius 3 is 2.48 bits per heavy atom. The lowest BCUT2D eigenvalue weighted by molar-refractivity contribution is -0.150. The van der Waals surface area contributed by atoms with Crippen molar-refractivity contribution in [2.75, 3.05) is 13.2 Å². The van der Waals surface area contributed by atoms with Crippen LogP contribution >= 0.6 is 0 Å². The highest BCUT2D eigenvalue weighted by Crippen LogP contribution is 2.34. The highest BCUT2D eigenvalue weighted by molar-refractivity contribution is 5.90. The molecule has 3 atom stereocenters. The predicted molar refractivity (Wildman–Crippen MR) is 158 cm³/mol. The maximum absolute atomic E-state index is 13.9. The van der Waals surface area contributed by atoms with Gasteiger partial charge < -0.3 is 24.8 Å². The Hall–Kier alpha value is -4.47. The second kappa shape index (κ2) is 11.1. The molecular formula is C32H36N4O6. The molecule has 0 spiro atoms. The molecule has 5 rings (SSSR count). The molecule has 0 radical (unpaired) electrons. The fraction of sp³-hybridized carbons (Fsp3) is 0.406. The second-order valence-corrected chi connectivity index (χ2v) is 12.7. The summed E-state index contributed by atoms with van der Waals surface area (Å²) in [6, 6.07) is 13.0. The number of alkyl carbamates (subject to hydrolysis) is 1. The van der Waals surface area contributed by atoms with E-state index in [9.17, 15) is 19.5 Å². The standard InChI is InChI=1S/C32H36N4O6/c1-31(2,3)26-28(37)36-17-21(16-24(36)29(38)39)42-27-25(33-22-11-6-7-12-23(22)34-27)20-10-8-9-19(15-20)13-14-32(4,5)18-41-30(40)35-26/h6-15,21,24,26H,16-18H2,1-5H3,(H,35,40)(H,38,39)/b14-13+/t21-,24+,26-/m1/s1. The quantitative estimate of drug-likeness (QED) is 0.420. The number of amides is 2. The van der Waals surface area contributed by atoms with Crippen molar-refractivity contribution < 1.29 is 29.0 Å². The van der Waals surface area contributed by atoms with Crippen LogP contribution in [0.3, 0.4) is 0 Å². The Balaban J connectivity index is 1.63. The summed E-state index contributed by atoms with van der Waals surface area (Å²) >= 11 is 0. The minimum Gasteiger partial charge on any atom is -0.480 e. The molecule has 2 aliphatic heterocycles. The lowest BCUT2D eigenvalue weighted by Crippen LogP contribution is -2.57. The molecule has 2 amide bonds. The first-order valence-electron chi connectivity index (χ1n) is 14.0. The van der Waals surface area contributed by atoms with E-state index in [-0.39, 0.29) is 25.5 Å². The van der Waals surface area contributed by atoms with E-state index in [0.717, 1.165) is 11.1 Å². The number of cyclic esters (lactones) is 1. The van der Waals surface area contributed by atoms with Gasteiger partial charge in [0.25, 0.3) is 0 Å². The number of ether oxygens (including phenoxy) is 2.